The summed E-state index contributed by atoms with van der Waals surface area (Å²) in [5.74, 6) is -2.93. The molecule has 0 saturated carbocycles. The van der Waals surface area contributed by atoms with Crippen molar-refractivity contribution in [2.24, 2.45) is 0 Å². The predicted molar refractivity (Wildman–Crippen MR) is 84.4 cm³/mol. The van der Waals surface area contributed by atoms with Crippen molar-refractivity contribution in [3.8, 4) is 0 Å². The zero-order valence-electron chi connectivity index (χ0n) is 11.8. The van der Waals surface area contributed by atoms with Crippen LogP contribution in [0.5, 0.6) is 0 Å². The smallest absolute Gasteiger partial charge is 0.337 e. The van der Waals surface area contributed by atoms with Crippen LogP contribution in [0.1, 0.15) is 25.7 Å². The number of carboxylic acids is 2. The number of carboxylic acid groups (broad SMARTS) is 2. The van der Waals surface area contributed by atoms with Crippen LogP contribution < -0.4 is 5.32 Å². The van der Waals surface area contributed by atoms with Crippen LogP contribution in [-0.4, -0.2) is 44.0 Å². The lowest BCUT2D eigenvalue weighted by Gasteiger charge is -2.09. The van der Waals surface area contributed by atoms with Crippen molar-refractivity contribution < 1.29 is 24.6 Å². The molecule has 1 aromatic heterocycles. The lowest BCUT2D eigenvalue weighted by Crippen LogP contribution is -2.17. The molecular formula is C13H11N3O5S2. The normalized spacial score (nSPS) is 10.3. The molecular weight excluding hydrogens is 342 g/mol. The molecule has 0 spiro atoms. The van der Waals surface area contributed by atoms with Gasteiger partial charge < -0.3 is 15.5 Å². The molecule has 0 aliphatic rings. The Morgan fingerprint density at radius 1 is 1.22 bits per heavy atom. The fourth-order valence-electron chi connectivity index (χ4n) is 1.62. The molecule has 120 valence electrons. The third kappa shape index (κ3) is 4.50. The van der Waals surface area contributed by atoms with Gasteiger partial charge in [-0.2, -0.15) is 0 Å². The number of hydrogen-bond acceptors (Lipinski definition) is 7. The molecule has 23 heavy (non-hydrogen) atoms. The fourth-order valence-corrected chi connectivity index (χ4v) is 3.23. The number of aromatic carboxylic acids is 2. The molecule has 0 unspecified atom stereocenters. The minimum absolute atomic E-state index is 0.00495. The quantitative estimate of drug-likeness (QED) is 0.672. The van der Waals surface area contributed by atoms with E-state index >= 15 is 0 Å². The molecule has 0 fully saturated rings. The van der Waals surface area contributed by atoms with E-state index in [4.69, 9.17) is 10.2 Å². The zero-order valence-corrected chi connectivity index (χ0v) is 13.4. The average Bonchev–Trinajstić information content (AvgIpc) is 2.90. The summed E-state index contributed by atoms with van der Waals surface area (Å²) >= 11 is 2.50. The van der Waals surface area contributed by atoms with Crippen molar-refractivity contribution in [3.05, 3.63) is 34.3 Å². The van der Waals surface area contributed by atoms with Crippen LogP contribution in [0.15, 0.2) is 22.5 Å². The first kappa shape index (κ1) is 16.9. The van der Waals surface area contributed by atoms with E-state index in [0.717, 1.165) is 28.9 Å². The van der Waals surface area contributed by atoms with E-state index < -0.39 is 17.8 Å². The number of nitrogens with zero attached hydrogens (tertiary/aromatic N) is 2. The maximum Gasteiger partial charge on any atom is 0.337 e. The molecule has 1 aromatic carbocycles. The number of thioether (sulfide) groups is 1. The van der Waals surface area contributed by atoms with E-state index in [9.17, 15) is 14.4 Å². The summed E-state index contributed by atoms with van der Waals surface area (Å²) in [5.41, 5.74) is -0.353. The molecule has 0 saturated heterocycles. The Bertz CT molecular complexity index is 775. The zero-order chi connectivity index (χ0) is 17.0. The Kier molecular flexibility index (Phi) is 5.29. The molecule has 1 amide bonds. The highest BCUT2D eigenvalue weighted by Gasteiger charge is 2.16. The van der Waals surface area contributed by atoms with Gasteiger partial charge in [0, 0.05) is 0 Å². The highest BCUT2D eigenvalue weighted by atomic mass is 32.2. The van der Waals surface area contributed by atoms with E-state index in [0.29, 0.717) is 4.34 Å². The Hall–Kier alpha value is -2.46. The molecule has 8 nitrogen and oxygen atoms in total. The van der Waals surface area contributed by atoms with Crippen LogP contribution in [-0.2, 0) is 4.79 Å². The van der Waals surface area contributed by atoms with E-state index in [2.05, 4.69) is 15.5 Å². The van der Waals surface area contributed by atoms with Gasteiger partial charge in [0.05, 0.1) is 22.6 Å². The molecule has 2 aromatic rings. The molecule has 10 heteroatoms. The number of carbonyl (C=O) groups is 3. The van der Waals surface area contributed by atoms with Crippen LogP contribution in [0.25, 0.3) is 0 Å². The number of benzene rings is 1. The maximum atomic E-state index is 11.9. The van der Waals surface area contributed by atoms with Crippen LogP contribution in [0.3, 0.4) is 0 Å². The molecule has 1 heterocycles. The first-order chi connectivity index (χ1) is 10.9. The summed E-state index contributed by atoms with van der Waals surface area (Å²) in [6.07, 6.45) is 0. The topological polar surface area (TPSA) is 129 Å². The van der Waals surface area contributed by atoms with Crippen molar-refractivity contribution in [2.75, 3.05) is 11.1 Å². The Labute approximate surface area is 138 Å². The minimum Gasteiger partial charge on any atom is -0.478 e. The van der Waals surface area contributed by atoms with Crippen molar-refractivity contribution >= 4 is 46.6 Å². The molecule has 3 N–H and O–H groups in total. The van der Waals surface area contributed by atoms with Gasteiger partial charge >= 0.3 is 11.9 Å². The number of carbonyl (C=O) groups excluding carboxylic acids is 1. The number of rotatable bonds is 6. The predicted octanol–water partition coefficient (Wildman–Crippen LogP) is 1.97. The highest BCUT2D eigenvalue weighted by molar-refractivity contribution is 8.01. The summed E-state index contributed by atoms with van der Waals surface area (Å²) in [6.45, 7) is 1.79. The monoisotopic (exact) mass is 353 g/mol. The van der Waals surface area contributed by atoms with Gasteiger partial charge in [-0.25, -0.2) is 9.59 Å². The molecule has 0 aliphatic heterocycles. The van der Waals surface area contributed by atoms with E-state index in [1.54, 1.807) is 6.92 Å². The second kappa shape index (κ2) is 7.20. The highest BCUT2D eigenvalue weighted by Crippen LogP contribution is 2.23. The van der Waals surface area contributed by atoms with Gasteiger partial charge in [-0.3, -0.25) is 4.79 Å². The van der Waals surface area contributed by atoms with Crippen LogP contribution in [0.4, 0.5) is 5.69 Å². The van der Waals surface area contributed by atoms with Gasteiger partial charge in [-0.1, -0.05) is 23.1 Å². The average molecular weight is 353 g/mol. The second-order valence-corrected chi connectivity index (χ2v) is 6.70. The summed E-state index contributed by atoms with van der Waals surface area (Å²) < 4.78 is 0.621. The minimum atomic E-state index is -1.26. The number of aromatic nitrogens is 2. The van der Waals surface area contributed by atoms with Gasteiger partial charge in [0.2, 0.25) is 5.91 Å². The Morgan fingerprint density at radius 2 is 1.96 bits per heavy atom. The van der Waals surface area contributed by atoms with E-state index in [1.807, 2.05) is 0 Å². The lowest BCUT2D eigenvalue weighted by molar-refractivity contribution is -0.113. The summed E-state index contributed by atoms with van der Waals surface area (Å²) in [7, 11) is 0. The molecule has 0 bridgehead atoms. The van der Waals surface area contributed by atoms with Gasteiger partial charge in [-0.05, 0) is 25.1 Å². The fraction of sp³-hybridized carbons (Fsp3) is 0.154. The van der Waals surface area contributed by atoms with Gasteiger partial charge in [-0.15, -0.1) is 10.2 Å². The number of nitrogens with one attached hydrogen (secondary N) is 1. The first-order valence-electron chi connectivity index (χ1n) is 6.20. The maximum absolute atomic E-state index is 11.9. The van der Waals surface area contributed by atoms with Crippen molar-refractivity contribution in [1.82, 2.24) is 10.2 Å². The molecule has 0 radical (unpaired) electrons. The summed E-state index contributed by atoms with van der Waals surface area (Å²) in [5, 5.41) is 28.9. The van der Waals surface area contributed by atoms with Crippen molar-refractivity contribution in [3.63, 3.8) is 0 Å². The number of hydrogen-bond donors (Lipinski definition) is 3. The summed E-state index contributed by atoms with van der Waals surface area (Å²) in [6, 6.07) is 3.42. The van der Waals surface area contributed by atoms with Gasteiger partial charge in [0.15, 0.2) is 4.34 Å². The number of amides is 1. The van der Waals surface area contributed by atoms with Crippen LogP contribution >= 0.6 is 23.1 Å². The van der Waals surface area contributed by atoms with E-state index in [-0.39, 0.29) is 22.6 Å². The SMILES string of the molecule is Cc1nnc(SCC(=O)Nc2cc(C(=O)O)ccc2C(=O)O)s1. The third-order valence-corrected chi connectivity index (χ3v) is 4.58. The van der Waals surface area contributed by atoms with Gasteiger partial charge in [0.1, 0.15) is 5.01 Å². The van der Waals surface area contributed by atoms with Crippen molar-refractivity contribution in [2.45, 2.75) is 11.3 Å². The molecule has 2 rings (SSSR count). The number of anilines is 1. The van der Waals surface area contributed by atoms with E-state index in [1.165, 1.54) is 17.4 Å². The Morgan fingerprint density at radius 3 is 2.52 bits per heavy atom. The lowest BCUT2D eigenvalue weighted by atomic mass is 10.1. The standard InChI is InChI=1S/C13H11N3O5S2/c1-6-15-16-13(23-6)22-5-10(17)14-9-4-7(11(18)19)2-3-8(9)12(20)21/h2-4H,5H2,1H3,(H,14,17)(H,18,19)(H,20,21). The van der Waals surface area contributed by atoms with Crippen molar-refractivity contribution in [1.29, 1.82) is 0 Å². The Balaban J connectivity index is 2.10. The molecule has 0 atom stereocenters. The largest absolute Gasteiger partial charge is 0.478 e. The molecule has 0 aliphatic carbocycles. The van der Waals surface area contributed by atoms with Crippen LogP contribution in [0, 0.1) is 6.92 Å². The first-order valence-corrected chi connectivity index (χ1v) is 8.00. The third-order valence-electron chi connectivity index (χ3n) is 2.61. The number of aryl methyl sites for hydroxylation is 1. The van der Waals surface area contributed by atoms with Gasteiger partial charge in [0.25, 0.3) is 0 Å². The summed E-state index contributed by atoms with van der Waals surface area (Å²) in [4.78, 5) is 34.0. The van der Waals surface area contributed by atoms with Crippen LogP contribution in [0.2, 0.25) is 0 Å². The second-order valence-electron chi connectivity index (χ2n) is 4.29.